The number of ketones is 1. The molecule has 1 unspecified atom stereocenters. The van der Waals surface area contributed by atoms with Crippen LogP contribution in [0.3, 0.4) is 0 Å². The number of fused-ring (bicyclic) bond motifs is 3. The van der Waals surface area contributed by atoms with Gasteiger partial charge in [-0.05, 0) is 49.1 Å². The van der Waals surface area contributed by atoms with Crippen LogP contribution < -0.4 is 9.92 Å². The van der Waals surface area contributed by atoms with Crippen LogP contribution in [0.25, 0.3) is 32.8 Å². The van der Waals surface area contributed by atoms with Crippen LogP contribution in [0.1, 0.15) is 65.9 Å². The number of alkyl halides is 3. The van der Waals surface area contributed by atoms with E-state index in [0.29, 0.717) is 18.8 Å². The fourth-order valence-corrected chi connectivity index (χ4v) is 7.27. The van der Waals surface area contributed by atoms with Crippen molar-refractivity contribution < 1.29 is 47.9 Å². The molecule has 0 amide bonds. The predicted molar refractivity (Wildman–Crippen MR) is 189 cm³/mol. The summed E-state index contributed by atoms with van der Waals surface area (Å²) in [4.78, 5) is 16.5. The summed E-state index contributed by atoms with van der Waals surface area (Å²) in [6.45, 7) is 16.9. The first-order chi connectivity index (χ1) is 22.1. The van der Waals surface area contributed by atoms with Crippen molar-refractivity contribution in [2.24, 2.45) is 17.8 Å². The fraction of sp³-hybridized carbons (Fsp3) is 0.436. The minimum Gasteiger partial charge on any atom is -0.512 e. The second-order valence-electron chi connectivity index (χ2n) is 13.9. The summed E-state index contributed by atoms with van der Waals surface area (Å²) >= 11 is 0. The van der Waals surface area contributed by atoms with E-state index in [4.69, 9.17) is 9.72 Å². The van der Waals surface area contributed by atoms with Crippen LogP contribution in [-0.2, 0) is 31.3 Å². The van der Waals surface area contributed by atoms with Gasteiger partial charge >= 0.3 is 6.18 Å². The summed E-state index contributed by atoms with van der Waals surface area (Å²) in [6.07, 6.45) is -0.192. The minimum atomic E-state index is -4.35. The molecule has 0 saturated carbocycles. The van der Waals surface area contributed by atoms with Gasteiger partial charge in [0.2, 0.25) is 0 Å². The van der Waals surface area contributed by atoms with Gasteiger partial charge in [0.15, 0.2) is 5.78 Å². The largest absolute Gasteiger partial charge is 0.512 e. The molecule has 0 saturated heterocycles. The molecule has 1 atom stereocenters. The minimum absolute atomic E-state index is 0. The summed E-state index contributed by atoms with van der Waals surface area (Å²) in [6, 6.07) is 18.8. The SMILES string of the molecule is CC(C)Cc1c2c([c-]c3ccccc13)-c1nccc3cc([Si](C)(C)C)cc(c13)O2.CCC(CC(F)(F)F)C(=O)/C=C(\O)C(CC)CC.[Ir]. The quantitative estimate of drug-likeness (QED) is 0.0658. The molecule has 48 heavy (non-hydrogen) atoms. The molecule has 0 fully saturated rings. The molecule has 0 aliphatic carbocycles. The summed E-state index contributed by atoms with van der Waals surface area (Å²) in [5.41, 5.74) is 3.27. The van der Waals surface area contributed by atoms with E-state index in [2.05, 4.69) is 82.0 Å². The number of aliphatic hydroxyl groups is 1. The standard InChI is InChI=1S/C26H26NOSi.C13H21F3O2.Ir/c1-16(2)12-21-20-9-7-6-8-17(20)14-22-25-24-18(10-11-27-25)13-19(29(3,4)5)15-23(24)28-26(21)22;1-4-9(5-2)11(17)7-12(18)10(6-3)8-13(14,15)16;/h6-11,13,15-16H,12H2,1-5H3;7,9-10,17H,4-6,8H2,1-3H3;/q-1;;/b;11-7-;. The van der Waals surface area contributed by atoms with Gasteiger partial charge in [-0.3, -0.25) is 9.78 Å². The number of hydrogen-bond acceptors (Lipinski definition) is 4. The van der Waals surface area contributed by atoms with Gasteiger partial charge in [-0.2, -0.15) is 13.2 Å². The van der Waals surface area contributed by atoms with Crippen LogP contribution in [0.4, 0.5) is 13.2 Å². The summed E-state index contributed by atoms with van der Waals surface area (Å²) in [5, 5.41) is 15.8. The molecule has 1 radical (unpaired) electrons. The zero-order valence-corrected chi connectivity index (χ0v) is 32.5. The van der Waals surface area contributed by atoms with E-state index in [1.807, 2.05) is 20.0 Å². The molecular weight excluding hydrogens is 808 g/mol. The Hall–Kier alpha value is -3.00. The third kappa shape index (κ3) is 9.16. The number of pyridine rings is 1. The number of rotatable bonds is 10. The molecule has 4 aromatic rings. The molecule has 4 nitrogen and oxygen atoms in total. The molecule has 1 aromatic heterocycles. The smallest absolute Gasteiger partial charge is 0.389 e. The number of benzene rings is 3. The molecule has 2 heterocycles. The molecule has 9 heteroatoms. The van der Waals surface area contributed by atoms with Crippen LogP contribution in [0.15, 0.2) is 60.5 Å². The Labute approximate surface area is 297 Å². The van der Waals surface area contributed by atoms with Gasteiger partial charge in [0.1, 0.15) is 5.75 Å². The third-order valence-electron chi connectivity index (χ3n) is 8.83. The molecule has 261 valence electrons. The summed E-state index contributed by atoms with van der Waals surface area (Å²) < 4.78 is 43.4. The van der Waals surface area contributed by atoms with E-state index in [1.54, 1.807) is 0 Å². The maximum Gasteiger partial charge on any atom is 0.389 e. The van der Waals surface area contributed by atoms with Crippen molar-refractivity contribution in [2.45, 2.75) is 92.5 Å². The number of nitrogens with zero attached hydrogens (tertiary/aromatic N) is 1. The number of aromatic nitrogens is 1. The van der Waals surface area contributed by atoms with Crippen molar-refractivity contribution in [1.29, 1.82) is 0 Å². The molecule has 3 aromatic carbocycles. The molecule has 1 aliphatic heterocycles. The maximum atomic E-state index is 12.2. The zero-order chi connectivity index (χ0) is 34.7. The first kappa shape index (κ1) is 39.4. The van der Waals surface area contributed by atoms with Gasteiger partial charge in [0.25, 0.3) is 0 Å². The average Bonchev–Trinajstić information content (AvgIpc) is 3.00. The second-order valence-corrected chi connectivity index (χ2v) is 19.0. The third-order valence-corrected chi connectivity index (χ3v) is 10.9. The van der Waals surface area contributed by atoms with Crippen LogP contribution in [0.2, 0.25) is 19.6 Å². The van der Waals surface area contributed by atoms with E-state index in [1.165, 1.54) is 28.4 Å². The summed E-state index contributed by atoms with van der Waals surface area (Å²) in [7, 11) is -1.47. The average molecular weight is 855 g/mol. The van der Waals surface area contributed by atoms with Gasteiger partial charge in [0.05, 0.1) is 26.0 Å². The van der Waals surface area contributed by atoms with Crippen molar-refractivity contribution in [1.82, 2.24) is 4.98 Å². The first-order valence-corrected chi connectivity index (χ1v) is 20.2. The fourth-order valence-electron chi connectivity index (χ4n) is 6.12. The maximum absolute atomic E-state index is 12.2. The molecule has 1 aliphatic rings. The zero-order valence-electron chi connectivity index (χ0n) is 29.1. The van der Waals surface area contributed by atoms with E-state index in [9.17, 15) is 23.1 Å². The van der Waals surface area contributed by atoms with Crippen molar-refractivity contribution in [3.63, 3.8) is 0 Å². The number of aliphatic hydroxyl groups excluding tert-OH is 1. The van der Waals surface area contributed by atoms with Crippen LogP contribution in [0.5, 0.6) is 11.5 Å². The van der Waals surface area contributed by atoms with Gasteiger partial charge in [0, 0.05) is 55.3 Å². The van der Waals surface area contributed by atoms with Crippen molar-refractivity contribution >= 4 is 40.6 Å². The Morgan fingerprint density at radius 2 is 1.67 bits per heavy atom. The number of carbonyl (C=O) groups excluding carboxylic acids is 1. The summed E-state index contributed by atoms with van der Waals surface area (Å²) in [5.74, 6) is 0.428. The van der Waals surface area contributed by atoms with Gasteiger partial charge < -0.3 is 9.84 Å². The van der Waals surface area contributed by atoms with Gasteiger partial charge in [-0.25, -0.2) is 0 Å². The number of carbonyl (C=O) groups is 1. The van der Waals surface area contributed by atoms with Crippen molar-refractivity contribution in [2.75, 3.05) is 0 Å². The van der Waals surface area contributed by atoms with E-state index < -0.39 is 32.4 Å². The first-order valence-electron chi connectivity index (χ1n) is 16.7. The van der Waals surface area contributed by atoms with E-state index in [0.717, 1.165) is 46.0 Å². The molecule has 0 bridgehead atoms. The number of ether oxygens (including phenoxy) is 1. The van der Waals surface area contributed by atoms with E-state index in [-0.39, 0.29) is 38.2 Å². The van der Waals surface area contributed by atoms with E-state index >= 15 is 0 Å². The number of allylic oxidation sites excluding steroid dienone is 2. The van der Waals surface area contributed by atoms with Crippen molar-refractivity contribution in [3.8, 4) is 22.8 Å². The Balaban J connectivity index is 0.000000288. The number of hydrogen-bond donors (Lipinski definition) is 1. The molecule has 1 N–H and O–H groups in total. The van der Waals surface area contributed by atoms with Crippen LogP contribution in [-0.4, -0.2) is 30.1 Å². The molecular formula is C39H47F3IrNO3Si-. The second kappa shape index (κ2) is 16.1. The Bertz CT molecular complexity index is 1770. The molecule has 5 rings (SSSR count). The number of halogens is 3. The van der Waals surface area contributed by atoms with Gasteiger partial charge in [-0.15, -0.1) is 17.5 Å². The Kier molecular flexibility index (Phi) is 13.3. The Morgan fingerprint density at radius 1 is 1.02 bits per heavy atom. The predicted octanol–water partition coefficient (Wildman–Crippen LogP) is 11.1. The topological polar surface area (TPSA) is 59.4 Å². The van der Waals surface area contributed by atoms with Crippen LogP contribution >= 0.6 is 0 Å². The monoisotopic (exact) mass is 855 g/mol. The van der Waals surface area contributed by atoms with Gasteiger partial charge in [-0.1, -0.05) is 100 Å². The van der Waals surface area contributed by atoms with Crippen molar-refractivity contribution in [3.05, 3.63) is 72.1 Å². The molecule has 0 spiro atoms. The normalized spacial score (nSPS) is 13.5. The van der Waals surface area contributed by atoms with Crippen LogP contribution in [0, 0.1) is 23.8 Å². The Morgan fingerprint density at radius 3 is 2.25 bits per heavy atom.